The van der Waals surface area contributed by atoms with Gasteiger partial charge >= 0.3 is 0 Å². The van der Waals surface area contributed by atoms with Gasteiger partial charge in [0.25, 0.3) is 0 Å². The maximum atomic E-state index is 3.60. The summed E-state index contributed by atoms with van der Waals surface area (Å²) in [6.07, 6.45) is 12.4. The number of likely N-dealkylation sites (N-methyl/N-ethyl adjacent to an activating group) is 1. The van der Waals surface area contributed by atoms with Gasteiger partial charge in [-0.1, -0.05) is 45.4 Å². The zero-order valence-electron chi connectivity index (χ0n) is 13.8. The summed E-state index contributed by atoms with van der Waals surface area (Å²) in [5, 5.41) is 3.60. The Labute approximate surface area is 121 Å². The Hall–Kier alpha value is -0.0800. The highest BCUT2D eigenvalue weighted by molar-refractivity contribution is 4.93. The van der Waals surface area contributed by atoms with E-state index in [9.17, 15) is 0 Å². The minimum atomic E-state index is 0.297. The molecule has 1 fully saturated rings. The van der Waals surface area contributed by atoms with Crippen LogP contribution in [0.1, 0.15) is 78.6 Å². The number of nitrogens with one attached hydrogen (secondary N) is 1. The first-order valence-corrected chi connectivity index (χ1v) is 8.55. The number of rotatable bonds is 8. The van der Waals surface area contributed by atoms with E-state index in [0.29, 0.717) is 11.6 Å². The molecule has 0 aliphatic carbocycles. The van der Waals surface area contributed by atoms with E-state index in [1.54, 1.807) is 0 Å². The third-order valence-electron chi connectivity index (χ3n) is 4.97. The lowest BCUT2D eigenvalue weighted by Gasteiger charge is -2.44. The standard InChI is InChI=1S/C17H36N2/c1-5-6-7-10-13-16(18-4)17(2,3)19-14-11-8-9-12-15-19/h16,18H,5-15H2,1-4H3. The van der Waals surface area contributed by atoms with E-state index in [2.05, 4.69) is 38.0 Å². The zero-order chi connectivity index (χ0) is 14.1. The predicted octanol–water partition coefficient (Wildman–Crippen LogP) is 4.20. The summed E-state index contributed by atoms with van der Waals surface area (Å²) in [4.78, 5) is 2.74. The molecule has 0 radical (unpaired) electrons. The molecule has 1 N–H and O–H groups in total. The van der Waals surface area contributed by atoms with Gasteiger partial charge in [-0.2, -0.15) is 0 Å². The van der Waals surface area contributed by atoms with Gasteiger partial charge in [-0.25, -0.2) is 0 Å². The second kappa shape index (κ2) is 8.97. The Kier molecular flexibility index (Phi) is 8.01. The van der Waals surface area contributed by atoms with Crippen LogP contribution in [0.3, 0.4) is 0 Å². The SMILES string of the molecule is CCCCCCC(NC)C(C)(C)N1CCCCCC1. The minimum absolute atomic E-state index is 0.297. The van der Waals surface area contributed by atoms with Gasteiger partial charge in [-0.3, -0.25) is 4.90 Å². The number of hydrogen-bond donors (Lipinski definition) is 1. The highest BCUT2D eigenvalue weighted by Crippen LogP contribution is 2.26. The van der Waals surface area contributed by atoms with Crippen LogP contribution in [-0.2, 0) is 0 Å². The van der Waals surface area contributed by atoms with Gasteiger partial charge in [-0.05, 0) is 53.2 Å². The molecule has 1 saturated heterocycles. The van der Waals surface area contributed by atoms with E-state index >= 15 is 0 Å². The summed E-state index contributed by atoms with van der Waals surface area (Å²) in [5.74, 6) is 0. The topological polar surface area (TPSA) is 15.3 Å². The Balaban J connectivity index is 2.49. The maximum absolute atomic E-state index is 3.60. The van der Waals surface area contributed by atoms with E-state index in [4.69, 9.17) is 0 Å². The Morgan fingerprint density at radius 1 is 1.00 bits per heavy atom. The fourth-order valence-corrected chi connectivity index (χ4v) is 3.49. The molecule has 1 atom stereocenters. The van der Waals surface area contributed by atoms with Crippen LogP contribution in [0.4, 0.5) is 0 Å². The van der Waals surface area contributed by atoms with Crippen molar-refractivity contribution < 1.29 is 0 Å². The molecule has 1 unspecified atom stereocenters. The molecule has 2 nitrogen and oxygen atoms in total. The first kappa shape index (κ1) is 17.0. The van der Waals surface area contributed by atoms with Crippen molar-refractivity contribution >= 4 is 0 Å². The fraction of sp³-hybridized carbons (Fsp3) is 1.00. The van der Waals surface area contributed by atoms with Crippen molar-refractivity contribution in [2.45, 2.75) is 90.1 Å². The second-order valence-corrected chi connectivity index (χ2v) is 6.75. The van der Waals surface area contributed by atoms with Crippen molar-refractivity contribution in [3.05, 3.63) is 0 Å². The van der Waals surface area contributed by atoms with Gasteiger partial charge in [-0.15, -0.1) is 0 Å². The molecule has 114 valence electrons. The molecule has 0 aromatic heterocycles. The van der Waals surface area contributed by atoms with E-state index in [1.807, 2.05) is 0 Å². The summed E-state index contributed by atoms with van der Waals surface area (Å²) in [6.45, 7) is 9.76. The maximum Gasteiger partial charge on any atom is 0.0306 e. The summed E-state index contributed by atoms with van der Waals surface area (Å²) >= 11 is 0. The van der Waals surface area contributed by atoms with Crippen LogP contribution < -0.4 is 5.32 Å². The summed E-state index contributed by atoms with van der Waals surface area (Å²) in [6, 6.07) is 0.627. The molecule has 1 rings (SSSR count). The third kappa shape index (κ3) is 5.43. The van der Waals surface area contributed by atoms with E-state index < -0.39 is 0 Å². The lowest BCUT2D eigenvalue weighted by Crippen LogP contribution is -2.57. The van der Waals surface area contributed by atoms with Crippen molar-refractivity contribution in [3.63, 3.8) is 0 Å². The summed E-state index contributed by atoms with van der Waals surface area (Å²) in [5.41, 5.74) is 0.297. The molecule has 1 heterocycles. The van der Waals surface area contributed by atoms with Crippen molar-refractivity contribution in [1.29, 1.82) is 0 Å². The molecule has 1 aliphatic rings. The van der Waals surface area contributed by atoms with Crippen LogP contribution in [0.25, 0.3) is 0 Å². The zero-order valence-corrected chi connectivity index (χ0v) is 13.8. The van der Waals surface area contributed by atoms with Gasteiger partial charge in [0.2, 0.25) is 0 Å². The molecule has 19 heavy (non-hydrogen) atoms. The van der Waals surface area contributed by atoms with E-state index in [0.717, 1.165) is 0 Å². The first-order valence-electron chi connectivity index (χ1n) is 8.55. The average molecular weight is 268 g/mol. The van der Waals surface area contributed by atoms with E-state index in [-0.39, 0.29) is 0 Å². The molecule has 0 amide bonds. The Morgan fingerprint density at radius 3 is 2.16 bits per heavy atom. The van der Waals surface area contributed by atoms with Gasteiger partial charge in [0.05, 0.1) is 0 Å². The molecule has 2 heteroatoms. The van der Waals surface area contributed by atoms with Crippen LogP contribution in [-0.4, -0.2) is 36.6 Å². The first-order chi connectivity index (χ1) is 9.12. The highest BCUT2D eigenvalue weighted by Gasteiger charge is 2.34. The van der Waals surface area contributed by atoms with Crippen molar-refractivity contribution in [3.8, 4) is 0 Å². The minimum Gasteiger partial charge on any atom is -0.315 e. The Morgan fingerprint density at radius 2 is 1.63 bits per heavy atom. The molecule has 0 bridgehead atoms. The van der Waals surface area contributed by atoms with E-state index in [1.165, 1.54) is 70.9 Å². The molecular weight excluding hydrogens is 232 g/mol. The quantitative estimate of drug-likeness (QED) is 0.664. The summed E-state index contributed by atoms with van der Waals surface area (Å²) in [7, 11) is 2.14. The van der Waals surface area contributed by atoms with Crippen LogP contribution in [0.2, 0.25) is 0 Å². The molecule has 0 spiro atoms. The number of unbranched alkanes of at least 4 members (excludes halogenated alkanes) is 3. The van der Waals surface area contributed by atoms with Gasteiger partial charge < -0.3 is 5.32 Å². The monoisotopic (exact) mass is 268 g/mol. The molecule has 0 aromatic carbocycles. The van der Waals surface area contributed by atoms with Crippen molar-refractivity contribution in [2.24, 2.45) is 0 Å². The number of nitrogens with zero attached hydrogens (tertiary/aromatic N) is 1. The third-order valence-corrected chi connectivity index (χ3v) is 4.97. The van der Waals surface area contributed by atoms with Gasteiger partial charge in [0, 0.05) is 11.6 Å². The van der Waals surface area contributed by atoms with Crippen LogP contribution in [0, 0.1) is 0 Å². The van der Waals surface area contributed by atoms with Crippen LogP contribution in [0.5, 0.6) is 0 Å². The van der Waals surface area contributed by atoms with Gasteiger partial charge in [0.1, 0.15) is 0 Å². The lowest BCUT2D eigenvalue weighted by atomic mass is 9.88. The number of hydrogen-bond acceptors (Lipinski definition) is 2. The molecule has 0 aromatic rings. The smallest absolute Gasteiger partial charge is 0.0306 e. The molecular formula is C17H36N2. The van der Waals surface area contributed by atoms with Crippen LogP contribution >= 0.6 is 0 Å². The average Bonchev–Trinajstić information content (AvgIpc) is 2.68. The molecule has 1 aliphatic heterocycles. The normalized spacial score (nSPS) is 20.2. The lowest BCUT2D eigenvalue weighted by molar-refractivity contribution is 0.0820. The largest absolute Gasteiger partial charge is 0.315 e. The predicted molar refractivity (Wildman–Crippen MR) is 85.7 cm³/mol. The van der Waals surface area contributed by atoms with Crippen molar-refractivity contribution in [1.82, 2.24) is 10.2 Å². The van der Waals surface area contributed by atoms with Crippen molar-refractivity contribution in [2.75, 3.05) is 20.1 Å². The Bertz CT molecular complexity index is 217. The van der Waals surface area contributed by atoms with Gasteiger partial charge in [0.15, 0.2) is 0 Å². The highest BCUT2D eigenvalue weighted by atomic mass is 15.2. The van der Waals surface area contributed by atoms with Crippen LogP contribution in [0.15, 0.2) is 0 Å². The molecule has 0 saturated carbocycles. The fourth-order valence-electron chi connectivity index (χ4n) is 3.49. The summed E-state index contributed by atoms with van der Waals surface area (Å²) < 4.78 is 0. The number of likely N-dealkylation sites (tertiary alicyclic amines) is 1. The second-order valence-electron chi connectivity index (χ2n) is 6.75.